The third-order valence-electron chi connectivity index (χ3n) is 4.91. The first-order chi connectivity index (χ1) is 13.6. The van der Waals surface area contributed by atoms with E-state index in [9.17, 15) is 9.59 Å². The van der Waals surface area contributed by atoms with Gasteiger partial charge in [-0.05, 0) is 49.7 Å². The zero-order valence-corrected chi connectivity index (χ0v) is 15.7. The van der Waals surface area contributed by atoms with Crippen molar-refractivity contribution in [1.82, 2.24) is 4.98 Å². The van der Waals surface area contributed by atoms with E-state index >= 15 is 0 Å². The number of rotatable bonds is 4. The summed E-state index contributed by atoms with van der Waals surface area (Å²) < 4.78 is 0. The Morgan fingerprint density at radius 3 is 2.39 bits per heavy atom. The smallest absolute Gasteiger partial charge is 0.257 e. The number of nitrogens with one attached hydrogen (secondary N) is 1. The van der Waals surface area contributed by atoms with Crippen LogP contribution in [0.4, 0.5) is 11.4 Å². The number of carbonyl (C=O) groups excluding carboxylic acids is 2. The standard InChI is InChI=1S/C23H21N3O2/c1-16-20(13-14-21(24-16)17-6-3-2-4-7-17)23(28)25-18-9-11-19(12-10-18)26-15-5-8-22(26)27/h2-4,6-7,9-14H,5,8,15H2,1H3,(H,25,28). The van der Waals surface area contributed by atoms with Crippen LogP contribution in [0.25, 0.3) is 11.3 Å². The Bertz CT molecular complexity index is 1010. The summed E-state index contributed by atoms with van der Waals surface area (Å²) in [5.74, 6) is -0.0494. The molecule has 0 saturated carbocycles. The Morgan fingerprint density at radius 2 is 1.75 bits per heavy atom. The molecule has 0 aliphatic carbocycles. The van der Waals surface area contributed by atoms with Crippen LogP contribution in [0.5, 0.6) is 0 Å². The maximum Gasteiger partial charge on any atom is 0.257 e. The fourth-order valence-electron chi connectivity index (χ4n) is 3.42. The number of pyridine rings is 1. The summed E-state index contributed by atoms with van der Waals surface area (Å²) in [4.78, 5) is 30.9. The van der Waals surface area contributed by atoms with Crippen LogP contribution in [0.2, 0.25) is 0 Å². The van der Waals surface area contributed by atoms with Crippen LogP contribution >= 0.6 is 0 Å². The van der Waals surface area contributed by atoms with E-state index in [-0.39, 0.29) is 11.8 Å². The second-order valence-corrected chi connectivity index (χ2v) is 6.85. The molecule has 0 spiro atoms. The molecule has 0 radical (unpaired) electrons. The van der Waals surface area contributed by atoms with Crippen LogP contribution in [0.15, 0.2) is 66.7 Å². The zero-order valence-electron chi connectivity index (χ0n) is 15.7. The van der Waals surface area contributed by atoms with E-state index in [1.165, 1.54) is 0 Å². The minimum Gasteiger partial charge on any atom is -0.322 e. The third kappa shape index (κ3) is 3.64. The first-order valence-corrected chi connectivity index (χ1v) is 9.37. The highest BCUT2D eigenvalue weighted by atomic mass is 16.2. The zero-order chi connectivity index (χ0) is 19.5. The lowest BCUT2D eigenvalue weighted by atomic mass is 10.1. The van der Waals surface area contributed by atoms with Gasteiger partial charge in [0.15, 0.2) is 0 Å². The molecular weight excluding hydrogens is 350 g/mol. The van der Waals surface area contributed by atoms with Gasteiger partial charge in [0.05, 0.1) is 17.0 Å². The van der Waals surface area contributed by atoms with Crippen LogP contribution in [0, 0.1) is 6.92 Å². The van der Waals surface area contributed by atoms with Crippen molar-refractivity contribution in [2.75, 3.05) is 16.8 Å². The molecule has 0 bridgehead atoms. The van der Waals surface area contributed by atoms with Crippen molar-refractivity contribution in [3.63, 3.8) is 0 Å². The fourth-order valence-corrected chi connectivity index (χ4v) is 3.42. The SMILES string of the molecule is Cc1nc(-c2ccccc2)ccc1C(=O)Nc1ccc(N2CCCC2=O)cc1. The summed E-state index contributed by atoms with van der Waals surface area (Å²) in [6, 6.07) is 20.9. The number of nitrogens with zero attached hydrogens (tertiary/aromatic N) is 2. The topological polar surface area (TPSA) is 62.3 Å². The number of anilines is 2. The minimum atomic E-state index is -0.199. The molecule has 2 heterocycles. The van der Waals surface area contributed by atoms with E-state index in [0.29, 0.717) is 23.4 Å². The van der Waals surface area contributed by atoms with E-state index in [0.717, 1.165) is 29.9 Å². The molecular formula is C23H21N3O2. The van der Waals surface area contributed by atoms with Gasteiger partial charge in [0.1, 0.15) is 0 Å². The van der Waals surface area contributed by atoms with Crippen molar-refractivity contribution in [2.24, 2.45) is 0 Å². The van der Waals surface area contributed by atoms with E-state index < -0.39 is 0 Å². The summed E-state index contributed by atoms with van der Waals surface area (Å²) >= 11 is 0. The van der Waals surface area contributed by atoms with Crippen LogP contribution in [0.1, 0.15) is 28.9 Å². The molecule has 1 N–H and O–H groups in total. The van der Waals surface area contributed by atoms with Gasteiger partial charge in [-0.25, -0.2) is 0 Å². The van der Waals surface area contributed by atoms with Crippen molar-refractivity contribution >= 4 is 23.2 Å². The predicted molar refractivity (Wildman–Crippen MR) is 110 cm³/mol. The summed E-state index contributed by atoms with van der Waals surface area (Å²) in [7, 11) is 0. The number of benzene rings is 2. The summed E-state index contributed by atoms with van der Waals surface area (Å²) in [5, 5.41) is 2.90. The average molecular weight is 371 g/mol. The van der Waals surface area contributed by atoms with Crippen LogP contribution < -0.4 is 10.2 Å². The Morgan fingerprint density at radius 1 is 1.00 bits per heavy atom. The van der Waals surface area contributed by atoms with Crippen molar-refractivity contribution in [3.8, 4) is 11.3 Å². The third-order valence-corrected chi connectivity index (χ3v) is 4.91. The van der Waals surface area contributed by atoms with Gasteiger partial charge in [0, 0.05) is 29.9 Å². The van der Waals surface area contributed by atoms with Crippen molar-refractivity contribution in [3.05, 3.63) is 78.0 Å². The largest absolute Gasteiger partial charge is 0.322 e. The fraction of sp³-hybridized carbons (Fsp3) is 0.174. The quantitative estimate of drug-likeness (QED) is 0.738. The minimum absolute atomic E-state index is 0.150. The summed E-state index contributed by atoms with van der Waals surface area (Å²) in [5.41, 5.74) is 4.63. The number of hydrogen-bond acceptors (Lipinski definition) is 3. The molecule has 1 aliphatic rings. The molecule has 1 aliphatic heterocycles. The lowest BCUT2D eigenvalue weighted by molar-refractivity contribution is -0.117. The highest BCUT2D eigenvalue weighted by molar-refractivity contribution is 6.05. The van der Waals surface area contributed by atoms with Gasteiger partial charge in [-0.3, -0.25) is 14.6 Å². The van der Waals surface area contributed by atoms with E-state index in [4.69, 9.17) is 0 Å². The van der Waals surface area contributed by atoms with Gasteiger partial charge in [-0.15, -0.1) is 0 Å². The molecule has 140 valence electrons. The van der Waals surface area contributed by atoms with Crippen molar-refractivity contribution < 1.29 is 9.59 Å². The highest BCUT2D eigenvalue weighted by Gasteiger charge is 2.21. The number of aromatic nitrogens is 1. The molecule has 5 nitrogen and oxygen atoms in total. The summed E-state index contributed by atoms with van der Waals surface area (Å²) in [6.07, 6.45) is 1.49. The van der Waals surface area contributed by atoms with Crippen molar-refractivity contribution in [1.29, 1.82) is 0 Å². The average Bonchev–Trinajstić information content (AvgIpc) is 3.15. The first kappa shape index (κ1) is 17.9. The van der Waals surface area contributed by atoms with Gasteiger partial charge in [0.25, 0.3) is 5.91 Å². The molecule has 1 aromatic heterocycles. The monoisotopic (exact) mass is 371 g/mol. The molecule has 4 rings (SSSR count). The Balaban J connectivity index is 1.48. The molecule has 1 saturated heterocycles. The van der Waals surface area contributed by atoms with Gasteiger partial charge in [-0.2, -0.15) is 0 Å². The Kier molecular flexibility index (Phi) is 4.89. The Labute approximate surface area is 164 Å². The second kappa shape index (κ2) is 7.64. The van der Waals surface area contributed by atoms with Crippen LogP contribution in [-0.2, 0) is 4.79 Å². The van der Waals surface area contributed by atoms with Crippen LogP contribution in [0.3, 0.4) is 0 Å². The predicted octanol–water partition coefficient (Wildman–Crippen LogP) is 4.44. The molecule has 0 atom stereocenters. The molecule has 2 aromatic carbocycles. The van der Waals surface area contributed by atoms with Gasteiger partial charge < -0.3 is 10.2 Å². The number of amides is 2. The summed E-state index contributed by atoms with van der Waals surface area (Å²) in [6.45, 7) is 2.59. The van der Waals surface area contributed by atoms with E-state index in [1.54, 1.807) is 11.0 Å². The number of carbonyl (C=O) groups is 2. The second-order valence-electron chi connectivity index (χ2n) is 6.85. The van der Waals surface area contributed by atoms with E-state index in [1.807, 2.05) is 67.6 Å². The number of aryl methyl sites for hydroxylation is 1. The maximum atomic E-state index is 12.7. The highest BCUT2D eigenvalue weighted by Crippen LogP contribution is 2.24. The normalized spacial score (nSPS) is 13.6. The van der Waals surface area contributed by atoms with Gasteiger partial charge >= 0.3 is 0 Å². The van der Waals surface area contributed by atoms with Gasteiger partial charge in [0.2, 0.25) is 5.91 Å². The van der Waals surface area contributed by atoms with Gasteiger partial charge in [-0.1, -0.05) is 30.3 Å². The number of hydrogen-bond donors (Lipinski definition) is 1. The molecule has 0 unspecified atom stereocenters. The maximum absolute atomic E-state index is 12.7. The van der Waals surface area contributed by atoms with Crippen LogP contribution in [-0.4, -0.2) is 23.3 Å². The molecule has 1 fully saturated rings. The lowest BCUT2D eigenvalue weighted by Crippen LogP contribution is -2.23. The molecule has 28 heavy (non-hydrogen) atoms. The molecule has 3 aromatic rings. The lowest BCUT2D eigenvalue weighted by Gasteiger charge is -2.16. The molecule has 2 amide bonds. The molecule has 5 heteroatoms. The van der Waals surface area contributed by atoms with Crippen molar-refractivity contribution in [2.45, 2.75) is 19.8 Å². The first-order valence-electron chi connectivity index (χ1n) is 9.37. The Hall–Kier alpha value is -3.47. The van der Waals surface area contributed by atoms with E-state index in [2.05, 4.69) is 10.3 Å².